The quantitative estimate of drug-likeness (QED) is 0.614. The first kappa shape index (κ1) is 16.5. The van der Waals surface area contributed by atoms with Gasteiger partial charge in [-0.05, 0) is 34.1 Å². The van der Waals surface area contributed by atoms with Crippen molar-refractivity contribution in [3.63, 3.8) is 0 Å². The van der Waals surface area contributed by atoms with E-state index in [1.54, 1.807) is 0 Å². The van der Waals surface area contributed by atoms with Gasteiger partial charge in [0.15, 0.2) is 0 Å². The van der Waals surface area contributed by atoms with Gasteiger partial charge in [0.2, 0.25) is 0 Å². The summed E-state index contributed by atoms with van der Waals surface area (Å²) < 4.78 is 6.01. The summed E-state index contributed by atoms with van der Waals surface area (Å²) >= 11 is 0. The second-order valence-corrected chi connectivity index (χ2v) is 7.44. The molecule has 1 heterocycles. The summed E-state index contributed by atoms with van der Waals surface area (Å²) in [5.74, 6) is 1.20. The summed E-state index contributed by atoms with van der Waals surface area (Å²) in [6, 6.07) is 16.8. The lowest BCUT2D eigenvalue weighted by atomic mass is 9.87. The Bertz CT molecular complexity index is 810. The van der Waals surface area contributed by atoms with Crippen molar-refractivity contribution in [3.8, 4) is 5.75 Å². The van der Waals surface area contributed by atoms with Crippen LogP contribution in [-0.2, 0) is 5.41 Å². The van der Waals surface area contributed by atoms with E-state index in [1.807, 2.05) is 18.5 Å². The van der Waals surface area contributed by atoms with Crippen LogP contribution in [0.1, 0.15) is 44.7 Å². The Kier molecular flexibility index (Phi) is 4.57. The molecule has 0 radical (unpaired) electrons. The highest BCUT2D eigenvalue weighted by atomic mass is 16.5. The summed E-state index contributed by atoms with van der Waals surface area (Å²) in [6.45, 7) is 9.49. The Hall–Kier alpha value is -2.35. The molecule has 24 heavy (non-hydrogen) atoms. The highest BCUT2D eigenvalue weighted by Crippen LogP contribution is 2.27. The molecule has 0 N–H and O–H groups in total. The van der Waals surface area contributed by atoms with Crippen LogP contribution < -0.4 is 4.74 Å². The summed E-state index contributed by atoms with van der Waals surface area (Å²) in [7, 11) is 0. The van der Waals surface area contributed by atoms with Crippen LogP contribution >= 0.6 is 0 Å². The zero-order valence-corrected chi connectivity index (χ0v) is 14.9. The lowest BCUT2D eigenvalue weighted by molar-refractivity contribution is 0.296. The standard InChI is InChI=1S/C22H25NO/c1-16(21-14-23-13-17-7-5-6-8-20(17)21)15-24-19-11-9-18(10-12-19)22(2,3)4/h5-14,16H,15H2,1-4H3. The Balaban J connectivity index is 1.72. The topological polar surface area (TPSA) is 22.1 Å². The van der Waals surface area contributed by atoms with Gasteiger partial charge in [-0.25, -0.2) is 0 Å². The molecule has 0 aliphatic rings. The Morgan fingerprint density at radius 3 is 2.38 bits per heavy atom. The first-order valence-corrected chi connectivity index (χ1v) is 8.51. The third-order valence-electron chi connectivity index (χ3n) is 4.45. The summed E-state index contributed by atoms with van der Waals surface area (Å²) in [5.41, 5.74) is 2.72. The number of aromatic nitrogens is 1. The molecule has 1 atom stereocenters. The zero-order chi connectivity index (χ0) is 17.2. The van der Waals surface area contributed by atoms with Gasteiger partial charge in [-0.1, -0.05) is 64.1 Å². The maximum Gasteiger partial charge on any atom is 0.119 e. The molecule has 0 spiro atoms. The van der Waals surface area contributed by atoms with Crippen molar-refractivity contribution < 1.29 is 4.74 Å². The average Bonchev–Trinajstić information content (AvgIpc) is 2.59. The van der Waals surface area contributed by atoms with Crippen LogP contribution in [0.25, 0.3) is 10.8 Å². The largest absolute Gasteiger partial charge is 0.493 e. The first-order chi connectivity index (χ1) is 11.4. The van der Waals surface area contributed by atoms with E-state index in [2.05, 4.69) is 75.1 Å². The molecule has 1 aromatic heterocycles. The third-order valence-corrected chi connectivity index (χ3v) is 4.45. The average molecular weight is 319 g/mol. The van der Waals surface area contributed by atoms with Crippen LogP contribution in [0.15, 0.2) is 60.9 Å². The van der Waals surface area contributed by atoms with E-state index in [1.165, 1.54) is 21.9 Å². The molecule has 0 bridgehead atoms. The van der Waals surface area contributed by atoms with Crippen molar-refractivity contribution in [1.82, 2.24) is 4.98 Å². The Labute approximate surface area is 144 Å². The number of fused-ring (bicyclic) bond motifs is 1. The van der Waals surface area contributed by atoms with E-state index >= 15 is 0 Å². The number of pyridine rings is 1. The minimum atomic E-state index is 0.167. The van der Waals surface area contributed by atoms with Crippen molar-refractivity contribution >= 4 is 10.8 Å². The van der Waals surface area contributed by atoms with E-state index in [4.69, 9.17) is 4.74 Å². The molecule has 3 rings (SSSR count). The van der Waals surface area contributed by atoms with Gasteiger partial charge in [0, 0.05) is 23.7 Å². The molecule has 3 aromatic rings. The fourth-order valence-corrected chi connectivity index (χ4v) is 2.89. The number of ether oxygens (including phenoxy) is 1. The predicted molar refractivity (Wildman–Crippen MR) is 101 cm³/mol. The molecule has 124 valence electrons. The van der Waals surface area contributed by atoms with Gasteiger partial charge in [-0.2, -0.15) is 0 Å². The van der Waals surface area contributed by atoms with Gasteiger partial charge in [-0.3, -0.25) is 4.98 Å². The lowest BCUT2D eigenvalue weighted by Crippen LogP contribution is -2.11. The van der Waals surface area contributed by atoms with Gasteiger partial charge in [0.1, 0.15) is 5.75 Å². The second kappa shape index (κ2) is 6.64. The summed E-state index contributed by atoms with van der Waals surface area (Å²) in [5, 5.41) is 2.43. The SMILES string of the molecule is CC(COc1ccc(C(C)(C)C)cc1)c1cncc2ccccc12. The van der Waals surface area contributed by atoms with Crippen LogP contribution in [0, 0.1) is 0 Å². The molecule has 0 fully saturated rings. The van der Waals surface area contributed by atoms with Crippen LogP contribution in [-0.4, -0.2) is 11.6 Å². The van der Waals surface area contributed by atoms with E-state index in [9.17, 15) is 0 Å². The Morgan fingerprint density at radius 2 is 1.67 bits per heavy atom. The molecular weight excluding hydrogens is 294 g/mol. The number of hydrogen-bond donors (Lipinski definition) is 0. The monoisotopic (exact) mass is 319 g/mol. The highest BCUT2D eigenvalue weighted by Gasteiger charge is 2.14. The normalized spacial score (nSPS) is 13.0. The minimum absolute atomic E-state index is 0.167. The molecule has 0 aliphatic carbocycles. The van der Waals surface area contributed by atoms with Crippen molar-refractivity contribution in [2.45, 2.75) is 39.0 Å². The van der Waals surface area contributed by atoms with Crippen LogP contribution in [0.3, 0.4) is 0 Å². The fraction of sp³-hybridized carbons (Fsp3) is 0.318. The van der Waals surface area contributed by atoms with Crippen molar-refractivity contribution in [2.24, 2.45) is 0 Å². The highest BCUT2D eigenvalue weighted by molar-refractivity contribution is 5.85. The van der Waals surface area contributed by atoms with Crippen LogP contribution in [0.4, 0.5) is 0 Å². The maximum absolute atomic E-state index is 6.01. The van der Waals surface area contributed by atoms with Crippen LogP contribution in [0.5, 0.6) is 5.75 Å². The Morgan fingerprint density at radius 1 is 0.958 bits per heavy atom. The van der Waals surface area contributed by atoms with Crippen LogP contribution in [0.2, 0.25) is 0 Å². The number of benzene rings is 2. The van der Waals surface area contributed by atoms with Gasteiger partial charge in [-0.15, -0.1) is 0 Å². The smallest absolute Gasteiger partial charge is 0.119 e. The zero-order valence-electron chi connectivity index (χ0n) is 14.9. The number of hydrogen-bond acceptors (Lipinski definition) is 2. The van der Waals surface area contributed by atoms with E-state index in [-0.39, 0.29) is 11.3 Å². The van der Waals surface area contributed by atoms with E-state index in [0.717, 1.165) is 5.75 Å². The molecule has 1 unspecified atom stereocenters. The molecule has 2 nitrogen and oxygen atoms in total. The van der Waals surface area contributed by atoms with Gasteiger partial charge >= 0.3 is 0 Å². The maximum atomic E-state index is 6.01. The second-order valence-electron chi connectivity index (χ2n) is 7.44. The van der Waals surface area contributed by atoms with Gasteiger partial charge < -0.3 is 4.74 Å². The van der Waals surface area contributed by atoms with E-state index in [0.29, 0.717) is 6.61 Å². The molecule has 0 saturated carbocycles. The number of nitrogens with zero attached hydrogens (tertiary/aromatic N) is 1. The fourth-order valence-electron chi connectivity index (χ4n) is 2.89. The molecule has 0 saturated heterocycles. The summed E-state index contributed by atoms with van der Waals surface area (Å²) in [6.07, 6.45) is 3.87. The third kappa shape index (κ3) is 3.59. The molecular formula is C22H25NO. The van der Waals surface area contributed by atoms with Crippen molar-refractivity contribution in [3.05, 3.63) is 72.1 Å². The van der Waals surface area contributed by atoms with Crippen molar-refractivity contribution in [1.29, 1.82) is 0 Å². The molecule has 0 amide bonds. The first-order valence-electron chi connectivity index (χ1n) is 8.51. The summed E-state index contributed by atoms with van der Waals surface area (Å²) in [4.78, 5) is 4.37. The molecule has 2 heteroatoms. The number of rotatable bonds is 4. The lowest BCUT2D eigenvalue weighted by Gasteiger charge is -2.20. The van der Waals surface area contributed by atoms with Crippen molar-refractivity contribution in [2.75, 3.05) is 6.61 Å². The minimum Gasteiger partial charge on any atom is -0.493 e. The van der Waals surface area contributed by atoms with Gasteiger partial charge in [0.25, 0.3) is 0 Å². The van der Waals surface area contributed by atoms with Gasteiger partial charge in [0.05, 0.1) is 6.61 Å². The van der Waals surface area contributed by atoms with E-state index < -0.39 is 0 Å². The molecule has 2 aromatic carbocycles. The predicted octanol–water partition coefficient (Wildman–Crippen LogP) is 5.71. The molecule has 0 aliphatic heterocycles.